The van der Waals surface area contributed by atoms with Gasteiger partial charge < -0.3 is 0 Å². The van der Waals surface area contributed by atoms with Gasteiger partial charge in [0.15, 0.2) is 0 Å². The fourth-order valence-electron chi connectivity index (χ4n) is 5.78. The molecule has 3 aliphatic carbocycles. The van der Waals surface area contributed by atoms with Crippen molar-refractivity contribution in [3.8, 4) is 0 Å². The van der Waals surface area contributed by atoms with Gasteiger partial charge in [-0.15, -0.1) is 0 Å². The first-order valence-electron chi connectivity index (χ1n) is 11.0. The second kappa shape index (κ2) is 7.67. The molecule has 33 heavy (non-hydrogen) atoms. The Balaban J connectivity index is 1.57. The van der Waals surface area contributed by atoms with Gasteiger partial charge in [0.25, 0.3) is 0 Å². The SMILES string of the molecule is Ic1ccc(C2=CC3=C(c4ccc(I)cc4)C4c5ccccc5C3([Se]2)c2ccccc24)cc1. The normalized spacial score (nSPS) is 22.0. The van der Waals surface area contributed by atoms with Gasteiger partial charge in [-0.2, -0.15) is 0 Å². The first-order chi connectivity index (χ1) is 16.2. The van der Waals surface area contributed by atoms with E-state index in [2.05, 4.69) is 148 Å². The van der Waals surface area contributed by atoms with Crippen LogP contribution in [-0.2, 0) is 4.31 Å². The first kappa shape index (κ1) is 20.7. The van der Waals surface area contributed by atoms with Crippen LogP contribution in [0.15, 0.2) is 109 Å². The molecule has 4 aromatic carbocycles. The minimum absolute atomic E-state index is 0.0500. The third kappa shape index (κ3) is 2.92. The van der Waals surface area contributed by atoms with Crippen LogP contribution in [0.25, 0.3) is 10.0 Å². The molecule has 3 heteroatoms. The Kier molecular flexibility index (Phi) is 4.81. The van der Waals surface area contributed by atoms with Gasteiger partial charge in [-0.25, -0.2) is 0 Å². The van der Waals surface area contributed by atoms with Crippen molar-refractivity contribution in [1.82, 2.24) is 0 Å². The van der Waals surface area contributed by atoms with E-state index in [1.807, 2.05) is 0 Å². The van der Waals surface area contributed by atoms with Crippen molar-refractivity contribution < 1.29 is 0 Å². The predicted molar refractivity (Wildman–Crippen MR) is 154 cm³/mol. The molecule has 0 amide bonds. The molecule has 0 N–H and O–H groups in total. The fraction of sp³-hybridized carbons (Fsp3) is 0.0667. The molecule has 8 rings (SSSR count). The number of halogens is 2. The van der Waals surface area contributed by atoms with Crippen LogP contribution in [0, 0.1) is 7.14 Å². The first-order valence-corrected chi connectivity index (χ1v) is 14.9. The van der Waals surface area contributed by atoms with E-state index in [0.717, 1.165) is 0 Å². The van der Waals surface area contributed by atoms with E-state index in [-0.39, 0.29) is 25.2 Å². The maximum absolute atomic E-state index is 2.55. The molecule has 0 radical (unpaired) electrons. The van der Waals surface area contributed by atoms with E-state index >= 15 is 0 Å². The van der Waals surface area contributed by atoms with Gasteiger partial charge >= 0.3 is 230 Å². The fourth-order valence-corrected chi connectivity index (χ4v) is 9.92. The molecule has 4 aliphatic rings. The molecule has 1 spiro atoms. The summed E-state index contributed by atoms with van der Waals surface area (Å²) in [4.78, 5) is 0. The average molecular weight is 711 g/mol. The summed E-state index contributed by atoms with van der Waals surface area (Å²) < 4.78 is 4.02. The zero-order valence-electron chi connectivity index (χ0n) is 17.6. The number of hydrogen-bond donors (Lipinski definition) is 0. The van der Waals surface area contributed by atoms with Gasteiger partial charge in [0.1, 0.15) is 0 Å². The van der Waals surface area contributed by atoms with Gasteiger partial charge in [-0.05, 0) is 0 Å². The summed E-state index contributed by atoms with van der Waals surface area (Å²) in [5.41, 5.74) is 11.8. The molecular formula is C30H18I2Se. The molecule has 0 saturated carbocycles. The van der Waals surface area contributed by atoms with E-state index < -0.39 is 0 Å². The van der Waals surface area contributed by atoms with Crippen LogP contribution in [0.2, 0.25) is 0 Å². The molecule has 0 atom stereocenters. The zero-order valence-corrected chi connectivity index (χ0v) is 23.6. The van der Waals surface area contributed by atoms with Crippen LogP contribution in [-0.4, -0.2) is 15.0 Å². The molecule has 0 unspecified atom stereocenters. The standard InChI is InChI=1S/C30H18I2Se/c31-20-13-9-18(10-14-20)27-17-26-28(19-11-15-21(32)16-12-19)29-22-5-1-3-7-24(22)30(26,33-27)25-8-4-2-6-23(25)29/h1-17,29H. The van der Waals surface area contributed by atoms with E-state index in [9.17, 15) is 0 Å². The number of allylic oxidation sites excluding steroid dienone is 3. The second-order valence-electron chi connectivity index (χ2n) is 8.74. The summed E-state index contributed by atoms with van der Waals surface area (Å²) in [5, 5.41) is 0. The van der Waals surface area contributed by atoms with Crippen molar-refractivity contribution >= 4 is 70.2 Å². The van der Waals surface area contributed by atoms with Gasteiger partial charge in [-0.1, -0.05) is 0 Å². The van der Waals surface area contributed by atoms with Crippen LogP contribution >= 0.6 is 45.2 Å². The monoisotopic (exact) mass is 712 g/mol. The topological polar surface area (TPSA) is 0 Å². The second-order valence-corrected chi connectivity index (χ2v) is 13.9. The molecule has 2 bridgehead atoms. The Bertz CT molecular complexity index is 1450. The zero-order chi connectivity index (χ0) is 22.2. The third-order valence-corrected chi connectivity index (χ3v) is 11.8. The summed E-state index contributed by atoms with van der Waals surface area (Å²) in [6, 6.07) is 36.7. The molecule has 0 aromatic heterocycles. The third-order valence-electron chi connectivity index (χ3n) is 7.08. The van der Waals surface area contributed by atoms with E-state index in [0.29, 0.717) is 0 Å². The van der Waals surface area contributed by atoms with E-state index in [4.69, 9.17) is 0 Å². The van der Waals surface area contributed by atoms with Crippen molar-refractivity contribution in [2.75, 3.05) is 0 Å². The van der Waals surface area contributed by atoms with E-state index in [1.165, 1.54) is 56.1 Å². The molecular weight excluding hydrogens is 693 g/mol. The van der Waals surface area contributed by atoms with Crippen molar-refractivity contribution in [1.29, 1.82) is 0 Å². The van der Waals surface area contributed by atoms with Crippen LogP contribution in [0.1, 0.15) is 39.3 Å². The summed E-state index contributed by atoms with van der Waals surface area (Å²) in [5.74, 6) is 0.289. The summed E-state index contributed by atoms with van der Waals surface area (Å²) >= 11 is 5.06. The van der Waals surface area contributed by atoms with Crippen LogP contribution in [0.5, 0.6) is 0 Å². The maximum atomic E-state index is 2.55. The molecule has 1 aliphatic heterocycles. The van der Waals surface area contributed by atoms with E-state index in [1.54, 1.807) is 0 Å². The quantitative estimate of drug-likeness (QED) is 0.147. The Labute approximate surface area is 227 Å². The molecule has 0 fully saturated rings. The van der Waals surface area contributed by atoms with Gasteiger partial charge in [-0.3, -0.25) is 0 Å². The summed E-state index contributed by atoms with van der Waals surface area (Å²) in [6.07, 6.45) is 2.55. The van der Waals surface area contributed by atoms with Gasteiger partial charge in [0.05, 0.1) is 0 Å². The predicted octanol–water partition coefficient (Wildman–Crippen LogP) is 7.81. The van der Waals surface area contributed by atoms with Crippen LogP contribution in [0.3, 0.4) is 0 Å². The molecule has 4 aromatic rings. The number of benzene rings is 4. The van der Waals surface area contributed by atoms with Crippen LogP contribution < -0.4 is 0 Å². The van der Waals surface area contributed by atoms with Gasteiger partial charge in [0, 0.05) is 0 Å². The minimum atomic E-state index is -0.0500. The molecule has 0 saturated heterocycles. The average Bonchev–Trinajstić information content (AvgIpc) is 3.27. The van der Waals surface area contributed by atoms with Gasteiger partial charge in [0.2, 0.25) is 0 Å². The van der Waals surface area contributed by atoms with Crippen molar-refractivity contribution in [2.45, 2.75) is 10.2 Å². The molecule has 158 valence electrons. The van der Waals surface area contributed by atoms with Crippen molar-refractivity contribution in [3.05, 3.63) is 149 Å². The molecule has 1 heterocycles. The number of rotatable bonds is 2. The Morgan fingerprint density at radius 1 is 0.606 bits per heavy atom. The molecule has 0 nitrogen and oxygen atoms in total. The number of hydrogen-bond acceptors (Lipinski definition) is 0. The summed E-state index contributed by atoms with van der Waals surface area (Å²) in [7, 11) is 0. The van der Waals surface area contributed by atoms with Crippen molar-refractivity contribution in [3.63, 3.8) is 0 Å². The van der Waals surface area contributed by atoms with Crippen molar-refractivity contribution in [2.24, 2.45) is 0 Å². The Morgan fingerprint density at radius 2 is 1.12 bits per heavy atom. The Morgan fingerprint density at radius 3 is 1.70 bits per heavy atom. The van der Waals surface area contributed by atoms with Crippen LogP contribution in [0.4, 0.5) is 0 Å². The summed E-state index contributed by atoms with van der Waals surface area (Å²) in [6.45, 7) is 0. The Hall–Kier alpha value is -1.66.